The predicted octanol–water partition coefficient (Wildman–Crippen LogP) is 4.87. The van der Waals surface area contributed by atoms with Gasteiger partial charge in [-0.1, -0.05) is 23.7 Å². The third-order valence-electron chi connectivity index (χ3n) is 4.36. The van der Waals surface area contributed by atoms with Gasteiger partial charge in [-0.25, -0.2) is 9.50 Å². The van der Waals surface area contributed by atoms with Crippen molar-refractivity contribution in [1.82, 2.24) is 14.6 Å². The number of nitrogens with zero attached hydrogens (tertiary/aromatic N) is 3. The highest BCUT2D eigenvalue weighted by atomic mass is 35.5. The Kier molecular flexibility index (Phi) is 3.35. The third-order valence-corrected chi connectivity index (χ3v) is 4.62. The van der Waals surface area contributed by atoms with Gasteiger partial charge >= 0.3 is 6.18 Å². The Hall–Kier alpha value is -2.08. The van der Waals surface area contributed by atoms with E-state index in [-0.39, 0.29) is 11.2 Å². The lowest BCUT2D eigenvalue weighted by Crippen LogP contribution is -2.17. The molecule has 4 rings (SSSR count). The molecule has 24 heavy (non-hydrogen) atoms. The van der Waals surface area contributed by atoms with Gasteiger partial charge in [-0.2, -0.15) is 18.3 Å². The number of fused-ring (bicyclic) bond motifs is 2. The second-order valence-corrected chi connectivity index (χ2v) is 6.38. The predicted molar refractivity (Wildman–Crippen MR) is 85.2 cm³/mol. The van der Waals surface area contributed by atoms with Crippen LogP contribution in [0.4, 0.5) is 13.2 Å². The Bertz CT molecular complexity index is 943. The molecule has 0 amide bonds. The van der Waals surface area contributed by atoms with Crippen LogP contribution in [0.15, 0.2) is 24.3 Å². The van der Waals surface area contributed by atoms with Crippen molar-refractivity contribution in [2.75, 3.05) is 0 Å². The third kappa shape index (κ3) is 2.28. The second kappa shape index (κ2) is 5.21. The quantitative estimate of drug-likeness (QED) is 0.626. The van der Waals surface area contributed by atoms with E-state index >= 15 is 0 Å². The van der Waals surface area contributed by atoms with Crippen LogP contribution in [0, 0.1) is 6.92 Å². The van der Waals surface area contributed by atoms with E-state index in [9.17, 15) is 13.2 Å². The first-order valence-electron chi connectivity index (χ1n) is 7.60. The number of aryl methyl sites for hydroxylation is 2. The van der Waals surface area contributed by atoms with Gasteiger partial charge in [0.1, 0.15) is 0 Å². The van der Waals surface area contributed by atoms with Gasteiger partial charge in [0, 0.05) is 21.8 Å². The van der Waals surface area contributed by atoms with Crippen molar-refractivity contribution in [3.8, 4) is 11.1 Å². The molecule has 0 radical (unpaired) electrons. The lowest BCUT2D eigenvalue weighted by molar-refractivity contribution is -0.143. The van der Waals surface area contributed by atoms with E-state index in [0.717, 1.165) is 10.1 Å². The fourth-order valence-corrected chi connectivity index (χ4v) is 3.51. The molecule has 0 spiro atoms. The molecule has 1 aromatic carbocycles. The summed E-state index contributed by atoms with van der Waals surface area (Å²) in [6, 6.07) is 6.96. The molecule has 2 heterocycles. The summed E-state index contributed by atoms with van der Waals surface area (Å²) < 4.78 is 42.0. The number of hydrogen-bond acceptors (Lipinski definition) is 2. The maximum Gasteiger partial charge on any atom is 0.433 e. The zero-order valence-electron chi connectivity index (χ0n) is 12.8. The number of aromatic nitrogens is 3. The van der Waals surface area contributed by atoms with Crippen molar-refractivity contribution in [2.45, 2.75) is 32.4 Å². The molecular formula is C17H13ClF3N3. The van der Waals surface area contributed by atoms with Gasteiger partial charge in [0.2, 0.25) is 0 Å². The van der Waals surface area contributed by atoms with Crippen molar-refractivity contribution in [3.63, 3.8) is 0 Å². The SMILES string of the molecule is Cc1nn2c(C(F)(F)F)c3c(nc2c1-c1ccc(Cl)cc1)CCC3. The lowest BCUT2D eigenvalue weighted by Gasteiger charge is -2.13. The number of alkyl halides is 3. The van der Waals surface area contributed by atoms with Crippen LogP contribution in [-0.4, -0.2) is 14.6 Å². The van der Waals surface area contributed by atoms with Crippen LogP contribution in [0.5, 0.6) is 0 Å². The molecule has 3 aromatic rings. The maximum atomic E-state index is 13.7. The zero-order chi connectivity index (χ0) is 17.1. The maximum absolute atomic E-state index is 13.7. The van der Waals surface area contributed by atoms with Crippen molar-refractivity contribution in [3.05, 3.63) is 51.9 Å². The van der Waals surface area contributed by atoms with E-state index in [2.05, 4.69) is 10.1 Å². The number of hydrogen-bond donors (Lipinski definition) is 0. The van der Waals surface area contributed by atoms with Gasteiger partial charge in [0.25, 0.3) is 0 Å². The molecule has 0 unspecified atom stereocenters. The van der Waals surface area contributed by atoms with E-state index in [1.54, 1.807) is 31.2 Å². The number of benzene rings is 1. The fourth-order valence-electron chi connectivity index (χ4n) is 3.38. The monoisotopic (exact) mass is 351 g/mol. The first-order valence-corrected chi connectivity index (χ1v) is 7.98. The highest BCUT2D eigenvalue weighted by molar-refractivity contribution is 6.30. The topological polar surface area (TPSA) is 30.2 Å². The van der Waals surface area contributed by atoms with Crippen molar-refractivity contribution >= 4 is 17.2 Å². The summed E-state index contributed by atoms with van der Waals surface area (Å²) in [5, 5.41) is 4.72. The van der Waals surface area contributed by atoms with E-state index in [0.29, 0.717) is 41.2 Å². The van der Waals surface area contributed by atoms with Gasteiger partial charge in [-0.15, -0.1) is 0 Å². The summed E-state index contributed by atoms with van der Waals surface area (Å²) in [7, 11) is 0. The molecule has 2 aromatic heterocycles. The number of rotatable bonds is 1. The van der Waals surface area contributed by atoms with E-state index in [1.165, 1.54) is 0 Å². The van der Waals surface area contributed by atoms with Gasteiger partial charge < -0.3 is 0 Å². The smallest absolute Gasteiger partial charge is 0.233 e. The fraction of sp³-hybridized carbons (Fsp3) is 0.294. The van der Waals surface area contributed by atoms with Gasteiger partial charge in [0.05, 0.1) is 5.69 Å². The minimum atomic E-state index is -4.47. The van der Waals surface area contributed by atoms with Crippen LogP contribution in [0.3, 0.4) is 0 Å². The lowest BCUT2D eigenvalue weighted by atomic mass is 10.1. The standard InChI is InChI=1S/C17H13ClF3N3/c1-9-14(10-5-7-11(18)8-6-10)16-22-13-4-2-3-12(13)15(17(19,20)21)24(16)23-9/h5-8H,2-4H2,1H3. The number of halogens is 4. The summed E-state index contributed by atoms with van der Waals surface area (Å²) in [6.07, 6.45) is -2.82. The second-order valence-electron chi connectivity index (χ2n) is 5.94. The zero-order valence-corrected chi connectivity index (χ0v) is 13.5. The molecule has 0 N–H and O–H groups in total. The van der Waals surface area contributed by atoms with Crippen LogP contribution in [0.25, 0.3) is 16.8 Å². The largest absolute Gasteiger partial charge is 0.433 e. The van der Waals surface area contributed by atoms with Gasteiger partial charge in [0.15, 0.2) is 11.3 Å². The Morgan fingerprint density at radius 1 is 1.12 bits per heavy atom. The molecule has 0 fully saturated rings. The molecule has 124 valence electrons. The van der Waals surface area contributed by atoms with Gasteiger partial charge in [-0.05, 0) is 43.9 Å². The Morgan fingerprint density at radius 3 is 2.50 bits per heavy atom. The van der Waals surface area contributed by atoms with Crippen LogP contribution in [0.1, 0.15) is 29.1 Å². The first-order chi connectivity index (χ1) is 11.4. The van der Waals surface area contributed by atoms with Crippen molar-refractivity contribution in [2.24, 2.45) is 0 Å². The van der Waals surface area contributed by atoms with E-state index in [4.69, 9.17) is 11.6 Å². The molecule has 0 saturated carbocycles. The average Bonchev–Trinajstić information content (AvgIpc) is 3.07. The average molecular weight is 352 g/mol. The molecule has 0 bridgehead atoms. The normalized spacial score (nSPS) is 14.4. The molecule has 1 aliphatic rings. The summed E-state index contributed by atoms with van der Waals surface area (Å²) in [4.78, 5) is 4.52. The molecule has 0 atom stereocenters. The van der Waals surface area contributed by atoms with Crippen molar-refractivity contribution < 1.29 is 13.2 Å². The Balaban J connectivity index is 2.07. The molecule has 0 aliphatic heterocycles. The molecule has 7 heteroatoms. The molecule has 3 nitrogen and oxygen atoms in total. The summed E-state index contributed by atoms with van der Waals surface area (Å²) in [5.41, 5.74) is 2.26. The Morgan fingerprint density at radius 2 is 1.83 bits per heavy atom. The first kappa shape index (κ1) is 15.4. The molecular weight excluding hydrogens is 339 g/mol. The van der Waals surface area contributed by atoms with Crippen LogP contribution < -0.4 is 0 Å². The summed E-state index contributed by atoms with van der Waals surface area (Å²) >= 11 is 5.91. The summed E-state index contributed by atoms with van der Waals surface area (Å²) in [6.45, 7) is 1.70. The van der Waals surface area contributed by atoms with E-state index in [1.807, 2.05) is 0 Å². The highest BCUT2D eigenvalue weighted by Crippen LogP contribution is 2.39. The van der Waals surface area contributed by atoms with E-state index < -0.39 is 11.9 Å². The van der Waals surface area contributed by atoms with Crippen LogP contribution >= 0.6 is 11.6 Å². The molecule has 0 saturated heterocycles. The summed E-state index contributed by atoms with van der Waals surface area (Å²) in [5.74, 6) is 0. The van der Waals surface area contributed by atoms with Crippen LogP contribution in [-0.2, 0) is 19.0 Å². The Labute approximate surface area is 141 Å². The minimum Gasteiger partial charge on any atom is -0.233 e. The highest BCUT2D eigenvalue weighted by Gasteiger charge is 2.40. The van der Waals surface area contributed by atoms with Crippen LogP contribution in [0.2, 0.25) is 5.02 Å². The van der Waals surface area contributed by atoms with Crippen molar-refractivity contribution in [1.29, 1.82) is 0 Å². The molecule has 1 aliphatic carbocycles. The minimum absolute atomic E-state index is 0.253. The van der Waals surface area contributed by atoms with Gasteiger partial charge in [-0.3, -0.25) is 0 Å².